The molecule has 4 nitrogen and oxygen atoms in total. The van der Waals surface area contributed by atoms with Crippen LogP contribution < -0.4 is 5.32 Å². The van der Waals surface area contributed by atoms with E-state index in [0.29, 0.717) is 11.4 Å². The van der Waals surface area contributed by atoms with Crippen molar-refractivity contribution in [3.8, 4) is 0 Å². The van der Waals surface area contributed by atoms with Crippen LogP contribution in [0.3, 0.4) is 0 Å². The Balaban J connectivity index is 1.90. The maximum Gasteiger partial charge on any atom is 0.276 e. The molecule has 1 aromatic heterocycles. The van der Waals surface area contributed by atoms with Gasteiger partial charge in [0.15, 0.2) is 5.69 Å². The third-order valence-electron chi connectivity index (χ3n) is 2.79. The molecule has 0 aliphatic rings. The third-order valence-corrected chi connectivity index (χ3v) is 2.79. The monoisotopic (exact) mass is 255 g/mol. The molecule has 1 amide bonds. The van der Waals surface area contributed by atoms with Crippen molar-refractivity contribution >= 4 is 22.5 Å². The molecular formula is C14H10FN3O. The number of halogens is 1. The first-order chi connectivity index (χ1) is 9.24. The summed E-state index contributed by atoms with van der Waals surface area (Å²) < 4.78 is 12.8. The van der Waals surface area contributed by atoms with Crippen molar-refractivity contribution in [2.45, 2.75) is 0 Å². The van der Waals surface area contributed by atoms with Gasteiger partial charge in [0.25, 0.3) is 5.91 Å². The molecule has 0 radical (unpaired) electrons. The van der Waals surface area contributed by atoms with Gasteiger partial charge in [0.1, 0.15) is 5.82 Å². The highest BCUT2D eigenvalue weighted by Gasteiger charge is 2.13. The van der Waals surface area contributed by atoms with Gasteiger partial charge >= 0.3 is 0 Å². The summed E-state index contributed by atoms with van der Waals surface area (Å²) >= 11 is 0. The first kappa shape index (κ1) is 11.4. The van der Waals surface area contributed by atoms with E-state index in [-0.39, 0.29) is 11.7 Å². The molecule has 1 heterocycles. The van der Waals surface area contributed by atoms with Gasteiger partial charge in [-0.05, 0) is 30.3 Å². The Morgan fingerprint density at radius 1 is 1.11 bits per heavy atom. The zero-order chi connectivity index (χ0) is 13.2. The van der Waals surface area contributed by atoms with E-state index in [1.165, 1.54) is 24.3 Å². The number of nitrogens with zero attached hydrogens (tertiary/aromatic N) is 1. The second-order valence-electron chi connectivity index (χ2n) is 4.08. The van der Waals surface area contributed by atoms with Gasteiger partial charge < -0.3 is 5.32 Å². The molecule has 0 aliphatic carbocycles. The molecule has 0 fully saturated rings. The van der Waals surface area contributed by atoms with Crippen LogP contribution in [0.2, 0.25) is 0 Å². The lowest BCUT2D eigenvalue weighted by Gasteiger charge is -2.02. The topological polar surface area (TPSA) is 57.8 Å². The number of H-pyrrole nitrogens is 1. The predicted octanol–water partition coefficient (Wildman–Crippen LogP) is 2.95. The first-order valence-corrected chi connectivity index (χ1v) is 5.74. The van der Waals surface area contributed by atoms with Crippen LogP contribution in [0.15, 0.2) is 48.5 Å². The Hall–Kier alpha value is -2.69. The number of para-hydroxylation sites is 1. The van der Waals surface area contributed by atoms with Gasteiger partial charge in [-0.25, -0.2) is 4.39 Å². The molecule has 19 heavy (non-hydrogen) atoms. The number of anilines is 1. The van der Waals surface area contributed by atoms with Crippen molar-refractivity contribution in [1.29, 1.82) is 0 Å². The highest BCUT2D eigenvalue weighted by molar-refractivity contribution is 6.11. The quantitative estimate of drug-likeness (QED) is 0.739. The number of fused-ring (bicyclic) bond motifs is 1. The SMILES string of the molecule is O=C(Nc1ccc(F)cc1)c1n[nH]c2ccccc12. The first-order valence-electron chi connectivity index (χ1n) is 5.74. The Labute approximate surface area is 108 Å². The fraction of sp³-hybridized carbons (Fsp3) is 0. The fourth-order valence-corrected chi connectivity index (χ4v) is 1.86. The van der Waals surface area contributed by atoms with Crippen LogP contribution in [0.25, 0.3) is 10.9 Å². The van der Waals surface area contributed by atoms with E-state index in [4.69, 9.17) is 0 Å². The molecule has 0 saturated heterocycles. The Kier molecular flexibility index (Phi) is 2.72. The van der Waals surface area contributed by atoms with Gasteiger partial charge in [0.2, 0.25) is 0 Å². The van der Waals surface area contributed by atoms with E-state index in [1.54, 1.807) is 0 Å². The number of carbonyl (C=O) groups excluding carboxylic acids is 1. The lowest BCUT2D eigenvalue weighted by molar-refractivity contribution is 0.102. The molecule has 0 atom stereocenters. The van der Waals surface area contributed by atoms with Crippen molar-refractivity contribution in [3.05, 3.63) is 60.0 Å². The number of rotatable bonds is 2. The van der Waals surface area contributed by atoms with Gasteiger partial charge in [-0.15, -0.1) is 0 Å². The van der Waals surface area contributed by atoms with Crippen molar-refractivity contribution < 1.29 is 9.18 Å². The van der Waals surface area contributed by atoms with Crippen LogP contribution in [0, 0.1) is 5.82 Å². The summed E-state index contributed by atoms with van der Waals surface area (Å²) in [6, 6.07) is 12.9. The summed E-state index contributed by atoms with van der Waals surface area (Å²) in [6.45, 7) is 0. The number of benzene rings is 2. The average molecular weight is 255 g/mol. The molecule has 0 spiro atoms. The molecule has 94 valence electrons. The van der Waals surface area contributed by atoms with E-state index < -0.39 is 0 Å². The lowest BCUT2D eigenvalue weighted by atomic mass is 10.2. The highest BCUT2D eigenvalue weighted by atomic mass is 19.1. The molecule has 3 rings (SSSR count). The number of carbonyl (C=O) groups is 1. The van der Waals surface area contributed by atoms with Crippen LogP contribution in [0.4, 0.5) is 10.1 Å². The van der Waals surface area contributed by atoms with Crippen molar-refractivity contribution in [2.75, 3.05) is 5.32 Å². The minimum Gasteiger partial charge on any atom is -0.321 e. The van der Waals surface area contributed by atoms with E-state index in [9.17, 15) is 9.18 Å². The molecule has 0 aliphatic heterocycles. The normalized spacial score (nSPS) is 10.6. The fourth-order valence-electron chi connectivity index (χ4n) is 1.86. The molecule has 2 N–H and O–H groups in total. The number of nitrogens with one attached hydrogen (secondary N) is 2. The standard InChI is InChI=1S/C14H10FN3O/c15-9-5-7-10(8-6-9)16-14(19)13-11-3-1-2-4-12(11)17-18-13/h1-8H,(H,16,19)(H,17,18). The summed E-state index contributed by atoms with van der Waals surface area (Å²) in [5.74, 6) is -0.674. The molecule has 5 heteroatoms. The summed E-state index contributed by atoms with van der Waals surface area (Å²) in [5.41, 5.74) is 1.64. The molecule has 3 aromatic rings. The predicted molar refractivity (Wildman–Crippen MR) is 70.4 cm³/mol. The number of hydrogen-bond donors (Lipinski definition) is 2. The van der Waals surface area contributed by atoms with E-state index >= 15 is 0 Å². The Morgan fingerprint density at radius 2 is 1.84 bits per heavy atom. The van der Waals surface area contributed by atoms with Crippen LogP contribution >= 0.6 is 0 Å². The second kappa shape index (κ2) is 4.53. The van der Waals surface area contributed by atoms with Crippen LogP contribution in [-0.2, 0) is 0 Å². The van der Waals surface area contributed by atoms with Gasteiger partial charge in [0.05, 0.1) is 5.52 Å². The minimum absolute atomic E-state index is 0.319. The van der Waals surface area contributed by atoms with E-state index in [2.05, 4.69) is 15.5 Å². The number of aromatic nitrogens is 2. The average Bonchev–Trinajstić information content (AvgIpc) is 2.85. The van der Waals surface area contributed by atoms with Crippen molar-refractivity contribution in [1.82, 2.24) is 10.2 Å². The van der Waals surface area contributed by atoms with Gasteiger partial charge in [-0.1, -0.05) is 18.2 Å². The third kappa shape index (κ3) is 2.18. The molecular weight excluding hydrogens is 245 g/mol. The molecule has 2 aromatic carbocycles. The number of hydrogen-bond acceptors (Lipinski definition) is 2. The van der Waals surface area contributed by atoms with Gasteiger partial charge in [0, 0.05) is 11.1 Å². The summed E-state index contributed by atoms with van der Waals surface area (Å²) in [7, 11) is 0. The summed E-state index contributed by atoms with van der Waals surface area (Å²) in [6.07, 6.45) is 0. The zero-order valence-corrected chi connectivity index (χ0v) is 9.85. The smallest absolute Gasteiger partial charge is 0.276 e. The molecule has 0 saturated carbocycles. The zero-order valence-electron chi connectivity index (χ0n) is 9.85. The maximum absolute atomic E-state index is 12.8. The Bertz CT molecular complexity index is 734. The van der Waals surface area contributed by atoms with Crippen molar-refractivity contribution in [2.24, 2.45) is 0 Å². The van der Waals surface area contributed by atoms with Gasteiger partial charge in [-0.3, -0.25) is 9.89 Å². The molecule has 0 unspecified atom stereocenters. The van der Waals surface area contributed by atoms with Gasteiger partial charge in [-0.2, -0.15) is 5.10 Å². The van der Waals surface area contributed by atoms with Crippen LogP contribution in [0.1, 0.15) is 10.5 Å². The van der Waals surface area contributed by atoms with Crippen LogP contribution in [0.5, 0.6) is 0 Å². The summed E-state index contributed by atoms with van der Waals surface area (Å²) in [5, 5.41) is 10.2. The van der Waals surface area contributed by atoms with E-state index in [0.717, 1.165) is 10.9 Å². The number of aromatic amines is 1. The largest absolute Gasteiger partial charge is 0.321 e. The van der Waals surface area contributed by atoms with Crippen LogP contribution in [-0.4, -0.2) is 16.1 Å². The lowest BCUT2D eigenvalue weighted by Crippen LogP contribution is -2.12. The summed E-state index contributed by atoms with van der Waals surface area (Å²) in [4.78, 5) is 12.1. The minimum atomic E-state index is -0.344. The second-order valence-corrected chi connectivity index (χ2v) is 4.08. The van der Waals surface area contributed by atoms with Crippen molar-refractivity contribution in [3.63, 3.8) is 0 Å². The highest BCUT2D eigenvalue weighted by Crippen LogP contribution is 2.17. The van der Waals surface area contributed by atoms with E-state index in [1.807, 2.05) is 24.3 Å². The Morgan fingerprint density at radius 3 is 2.63 bits per heavy atom. The number of amides is 1. The maximum atomic E-state index is 12.8. The molecule has 0 bridgehead atoms.